The van der Waals surface area contributed by atoms with Gasteiger partial charge in [0.1, 0.15) is 12.3 Å². The summed E-state index contributed by atoms with van der Waals surface area (Å²) >= 11 is 5.96. The van der Waals surface area contributed by atoms with Gasteiger partial charge in [-0.2, -0.15) is 4.68 Å². The van der Waals surface area contributed by atoms with E-state index in [1.54, 1.807) is 39.8 Å². The average Bonchev–Trinajstić information content (AvgIpc) is 2.83. The molecule has 24 heavy (non-hydrogen) atoms. The molecule has 1 aromatic carbocycles. The van der Waals surface area contributed by atoms with Crippen LogP contribution in [0.3, 0.4) is 0 Å². The van der Waals surface area contributed by atoms with E-state index < -0.39 is 17.3 Å². The first-order valence-electron chi connectivity index (χ1n) is 7.62. The molecule has 0 aliphatic carbocycles. The van der Waals surface area contributed by atoms with Crippen LogP contribution in [0.15, 0.2) is 27.4 Å². The molecule has 0 saturated carbocycles. The number of benzene rings is 1. The highest BCUT2D eigenvalue weighted by atomic mass is 35.5. The number of carbonyl (C=O) groups is 1. The molecular weight excluding hydrogens is 332 g/mol. The molecule has 6 nitrogen and oxygen atoms in total. The van der Waals surface area contributed by atoms with E-state index in [0.29, 0.717) is 10.8 Å². The molecule has 0 aliphatic rings. The third kappa shape index (κ3) is 4.26. The zero-order valence-electron chi connectivity index (χ0n) is 14.4. The summed E-state index contributed by atoms with van der Waals surface area (Å²) in [4.78, 5) is 23.9. The smallest absolute Gasteiger partial charge is 0.437 e. The lowest BCUT2D eigenvalue weighted by molar-refractivity contribution is -0.127. The van der Waals surface area contributed by atoms with Gasteiger partial charge in [0.15, 0.2) is 11.9 Å². The van der Waals surface area contributed by atoms with Crippen molar-refractivity contribution < 1.29 is 13.9 Å². The number of hydrogen-bond donors (Lipinski definition) is 0. The Kier molecular flexibility index (Phi) is 5.18. The molecule has 0 aliphatic heterocycles. The number of rotatable bonds is 5. The Hall–Kier alpha value is -2.08. The quantitative estimate of drug-likeness (QED) is 0.822. The van der Waals surface area contributed by atoms with E-state index in [9.17, 15) is 9.59 Å². The first kappa shape index (κ1) is 18.3. The molecule has 0 amide bonds. The van der Waals surface area contributed by atoms with Crippen LogP contribution < -0.4 is 10.5 Å². The number of carbonyl (C=O) groups excluding carboxylic acids is 1. The average molecular weight is 353 g/mol. The molecule has 2 rings (SSSR count). The van der Waals surface area contributed by atoms with Gasteiger partial charge in [-0.15, -0.1) is 5.10 Å². The Labute approximate surface area is 145 Å². The van der Waals surface area contributed by atoms with Crippen molar-refractivity contribution in [3.8, 4) is 5.75 Å². The lowest BCUT2D eigenvalue weighted by Gasteiger charge is -2.15. The molecule has 1 aromatic heterocycles. The van der Waals surface area contributed by atoms with Gasteiger partial charge in [0.05, 0.1) is 0 Å². The van der Waals surface area contributed by atoms with Crippen LogP contribution in [0.5, 0.6) is 5.75 Å². The van der Waals surface area contributed by atoms with Crippen LogP contribution in [0.4, 0.5) is 0 Å². The molecule has 1 unspecified atom stereocenters. The predicted octanol–water partition coefficient (Wildman–Crippen LogP) is 3.55. The highest BCUT2D eigenvalue weighted by Gasteiger charge is 2.24. The zero-order valence-corrected chi connectivity index (χ0v) is 15.2. The van der Waals surface area contributed by atoms with Crippen LogP contribution >= 0.6 is 11.6 Å². The number of halogens is 1. The van der Waals surface area contributed by atoms with Crippen molar-refractivity contribution in [3.63, 3.8) is 0 Å². The fourth-order valence-electron chi connectivity index (χ4n) is 1.90. The van der Waals surface area contributed by atoms with E-state index in [1.165, 1.54) is 0 Å². The van der Waals surface area contributed by atoms with Crippen molar-refractivity contribution in [1.29, 1.82) is 0 Å². The Morgan fingerprint density at radius 3 is 2.71 bits per heavy atom. The van der Waals surface area contributed by atoms with Crippen LogP contribution in [0, 0.1) is 12.3 Å². The minimum absolute atomic E-state index is 0.108. The molecule has 0 saturated heterocycles. The van der Waals surface area contributed by atoms with Gasteiger partial charge in [-0.3, -0.25) is 4.79 Å². The number of aromatic nitrogens is 2. The Morgan fingerprint density at radius 2 is 2.08 bits per heavy atom. The van der Waals surface area contributed by atoms with Gasteiger partial charge in [-0.1, -0.05) is 38.4 Å². The van der Waals surface area contributed by atoms with Gasteiger partial charge < -0.3 is 9.15 Å². The van der Waals surface area contributed by atoms with Crippen molar-refractivity contribution in [2.45, 2.75) is 47.3 Å². The monoisotopic (exact) mass is 352 g/mol. The molecule has 0 bridgehead atoms. The summed E-state index contributed by atoms with van der Waals surface area (Å²) in [5, 5.41) is 4.62. The molecule has 1 heterocycles. The SMILES string of the molecule is Cc1ccc(Cl)cc1OC(C)c1nn(CC(=O)C(C)(C)C)c(=O)o1. The molecule has 0 spiro atoms. The molecule has 2 aromatic rings. The van der Waals surface area contributed by atoms with Crippen LogP contribution in [0.25, 0.3) is 0 Å². The number of aryl methyl sites for hydroxylation is 1. The van der Waals surface area contributed by atoms with E-state index in [4.69, 9.17) is 20.8 Å². The molecule has 0 fully saturated rings. The predicted molar refractivity (Wildman–Crippen MR) is 90.5 cm³/mol. The largest absolute Gasteiger partial charge is 0.481 e. The maximum atomic E-state index is 12.1. The van der Waals surface area contributed by atoms with Crippen molar-refractivity contribution in [2.75, 3.05) is 0 Å². The van der Waals surface area contributed by atoms with E-state index in [2.05, 4.69) is 5.10 Å². The maximum absolute atomic E-state index is 12.1. The van der Waals surface area contributed by atoms with Crippen LogP contribution in [-0.2, 0) is 11.3 Å². The summed E-state index contributed by atoms with van der Waals surface area (Å²) in [5.41, 5.74) is 0.342. The topological polar surface area (TPSA) is 74.3 Å². The van der Waals surface area contributed by atoms with Gasteiger partial charge in [0.2, 0.25) is 0 Å². The van der Waals surface area contributed by atoms with Crippen molar-refractivity contribution in [1.82, 2.24) is 9.78 Å². The number of ether oxygens (including phenoxy) is 1. The lowest BCUT2D eigenvalue weighted by atomic mass is 9.91. The third-order valence-corrected chi connectivity index (χ3v) is 3.79. The van der Waals surface area contributed by atoms with Crippen LogP contribution in [0.1, 0.15) is 45.3 Å². The van der Waals surface area contributed by atoms with E-state index in [-0.39, 0.29) is 18.2 Å². The van der Waals surface area contributed by atoms with Gasteiger partial charge in [0, 0.05) is 10.4 Å². The van der Waals surface area contributed by atoms with Crippen LogP contribution in [0.2, 0.25) is 5.02 Å². The van der Waals surface area contributed by atoms with Gasteiger partial charge in [-0.05, 0) is 31.5 Å². The molecule has 0 N–H and O–H groups in total. The minimum atomic E-state index is -0.680. The normalized spacial score (nSPS) is 12.9. The van der Waals surface area contributed by atoms with Crippen molar-refractivity contribution in [2.24, 2.45) is 5.41 Å². The highest BCUT2D eigenvalue weighted by molar-refractivity contribution is 6.30. The fraction of sp³-hybridized carbons (Fsp3) is 0.471. The van der Waals surface area contributed by atoms with Crippen molar-refractivity contribution >= 4 is 17.4 Å². The van der Waals surface area contributed by atoms with Gasteiger partial charge >= 0.3 is 5.76 Å². The summed E-state index contributed by atoms with van der Waals surface area (Å²) < 4.78 is 11.9. The summed E-state index contributed by atoms with van der Waals surface area (Å²) in [6.07, 6.45) is -0.596. The van der Waals surface area contributed by atoms with Crippen LogP contribution in [-0.4, -0.2) is 15.6 Å². The first-order valence-corrected chi connectivity index (χ1v) is 7.99. The second-order valence-corrected chi connectivity index (χ2v) is 7.14. The third-order valence-electron chi connectivity index (χ3n) is 3.55. The summed E-state index contributed by atoms with van der Waals surface area (Å²) in [6.45, 7) is 8.82. The number of Topliss-reactive ketones (excluding diaryl/α,β-unsaturated/α-hetero) is 1. The number of ketones is 1. The zero-order chi connectivity index (χ0) is 18.1. The molecule has 130 valence electrons. The molecular formula is C17H21ClN2O4. The van der Waals surface area contributed by atoms with Crippen molar-refractivity contribution in [3.05, 3.63) is 45.2 Å². The summed E-state index contributed by atoms with van der Waals surface area (Å²) in [5.74, 6) is -0.0939. The fourth-order valence-corrected chi connectivity index (χ4v) is 2.06. The maximum Gasteiger partial charge on any atom is 0.437 e. The lowest BCUT2D eigenvalue weighted by Crippen LogP contribution is -2.29. The van der Waals surface area contributed by atoms with E-state index >= 15 is 0 Å². The molecule has 7 heteroatoms. The first-order chi connectivity index (χ1) is 11.1. The second-order valence-electron chi connectivity index (χ2n) is 6.71. The second kappa shape index (κ2) is 6.81. The summed E-state index contributed by atoms with van der Waals surface area (Å²) in [6, 6.07) is 5.29. The standard InChI is InChI=1S/C17H21ClN2O4/c1-10-6-7-12(18)8-13(10)23-11(2)15-19-20(16(22)24-15)9-14(21)17(3,4)5/h6-8,11H,9H2,1-5H3. The molecule has 0 radical (unpaired) electrons. The number of nitrogens with zero attached hydrogens (tertiary/aromatic N) is 2. The van der Waals surface area contributed by atoms with Gasteiger partial charge in [-0.25, -0.2) is 4.79 Å². The molecule has 1 atom stereocenters. The van der Waals surface area contributed by atoms with E-state index in [1.807, 2.05) is 13.0 Å². The number of hydrogen-bond acceptors (Lipinski definition) is 5. The van der Waals surface area contributed by atoms with E-state index in [0.717, 1.165) is 10.2 Å². The highest BCUT2D eigenvalue weighted by Crippen LogP contribution is 2.27. The Balaban J connectivity index is 2.18. The Bertz CT molecular complexity index is 802. The minimum Gasteiger partial charge on any atom is -0.481 e. The Morgan fingerprint density at radius 1 is 1.42 bits per heavy atom. The summed E-state index contributed by atoms with van der Waals surface area (Å²) in [7, 11) is 0. The van der Waals surface area contributed by atoms with Gasteiger partial charge in [0.25, 0.3) is 5.89 Å².